The molecular weight excluding hydrogens is 204 g/mol. The van der Waals surface area contributed by atoms with Crippen LogP contribution in [-0.2, 0) is 17.8 Å². The van der Waals surface area contributed by atoms with Crippen molar-refractivity contribution in [2.24, 2.45) is 0 Å². The van der Waals surface area contributed by atoms with Crippen LogP contribution >= 0.6 is 0 Å². The van der Waals surface area contributed by atoms with Gasteiger partial charge < -0.3 is 9.67 Å². The highest BCUT2D eigenvalue weighted by Gasteiger charge is 2.10. The fourth-order valence-corrected chi connectivity index (χ4v) is 1.78. The number of rotatable bonds is 4. The minimum Gasteiger partial charge on any atom is -0.481 e. The van der Waals surface area contributed by atoms with E-state index in [0.29, 0.717) is 6.54 Å². The molecule has 0 saturated carbocycles. The number of aliphatic carboxylic acids is 1. The van der Waals surface area contributed by atoms with Crippen molar-refractivity contribution in [1.82, 2.24) is 9.55 Å². The monoisotopic (exact) mass is 216 g/mol. The quantitative estimate of drug-likeness (QED) is 0.793. The minimum atomic E-state index is -0.832. The van der Waals surface area contributed by atoms with Gasteiger partial charge in [0.05, 0.1) is 6.42 Å². The number of pyridine rings is 1. The van der Waals surface area contributed by atoms with Gasteiger partial charge in [-0.3, -0.25) is 4.79 Å². The topological polar surface area (TPSA) is 55.1 Å². The number of aromatic nitrogens is 2. The number of carboxylic acid groups (broad SMARTS) is 1. The molecule has 0 fully saturated rings. The largest absolute Gasteiger partial charge is 0.481 e. The molecule has 0 aromatic carbocycles. The first kappa shape index (κ1) is 10.4. The molecule has 1 N–H and O–H groups in total. The van der Waals surface area contributed by atoms with Gasteiger partial charge in [-0.2, -0.15) is 0 Å². The molecule has 2 heterocycles. The zero-order chi connectivity index (χ0) is 11.5. The Morgan fingerprint density at radius 1 is 1.62 bits per heavy atom. The van der Waals surface area contributed by atoms with Gasteiger partial charge in [-0.1, -0.05) is 6.08 Å². The minimum absolute atomic E-state index is 0.0202. The lowest BCUT2D eigenvalue weighted by Gasteiger charge is -1.97. The number of fused-ring (bicyclic) bond motifs is 1. The normalized spacial score (nSPS) is 10.5. The Bertz CT molecular complexity index is 543. The molecule has 0 radical (unpaired) electrons. The Morgan fingerprint density at radius 2 is 2.44 bits per heavy atom. The summed E-state index contributed by atoms with van der Waals surface area (Å²) in [7, 11) is 0. The molecule has 16 heavy (non-hydrogen) atoms. The van der Waals surface area contributed by atoms with Gasteiger partial charge >= 0.3 is 5.97 Å². The van der Waals surface area contributed by atoms with Crippen molar-refractivity contribution in [2.45, 2.75) is 13.0 Å². The zero-order valence-electron chi connectivity index (χ0n) is 8.76. The van der Waals surface area contributed by atoms with Crippen LogP contribution < -0.4 is 0 Å². The van der Waals surface area contributed by atoms with E-state index in [1.165, 1.54) is 0 Å². The second-order valence-corrected chi connectivity index (χ2v) is 3.54. The molecule has 0 amide bonds. The number of hydrogen-bond donors (Lipinski definition) is 1. The average Bonchev–Trinajstić information content (AvgIpc) is 2.58. The molecule has 0 aliphatic carbocycles. The average molecular weight is 216 g/mol. The van der Waals surface area contributed by atoms with Crippen LogP contribution in [0.1, 0.15) is 5.56 Å². The third kappa shape index (κ3) is 1.82. The number of carbonyl (C=O) groups is 1. The Kier molecular flexibility index (Phi) is 2.72. The molecule has 4 nitrogen and oxygen atoms in total. The Balaban J connectivity index is 2.56. The molecule has 2 aromatic rings. The van der Waals surface area contributed by atoms with Gasteiger partial charge in [-0.05, 0) is 17.7 Å². The van der Waals surface area contributed by atoms with Crippen LogP contribution in [0.4, 0.5) is 0 Å². The predicted molar refractivity (Wildman–Crippen MR) is 61.3 cm³/mol. The third-order valence-corrected chi connectivity index (χ3v) is 2.38. The summed E-state index contributed by atoms with van der Waals surface area (Å²) < 4.78 is 1.90. The molecule has 0 bridgehead atoms. The smallest absolute Gasteiger partial charge is 0.307 e. The Hall–Kier alpha value is -2.10. The summed E-state index contributed by atoms with van der Waals surface area (Å²) in [5, 5.41) is 9.71. The van der Waals surface area contributed by atoms with Crippen molar-refractivity contribution in [3.63, 3.8) is 0 Å². The van der Waals surface area contributed by atoms with Crippen LogP contribution in [-0.4, -0.2) is 20.6 Å². The van der Waals surface area contributed by atoms with Crippen LogP contribution in [0.15, 0.2) is 37.2 Å². The van der Waals surface area contributed by atoms with Crippen molar-refractivity contribution in [3.8, 4) is 0 Å². The van der Waals surface area contributed by atoms with Crippen molar-refractivity contribution >= 4 is 17.0 Å². The lowest BCUT2D eigenvalue weighted by molar-refractivity contribution is -0.136. The number of carboxylic acids is 1. The lowest BCUT2D eigenvalue weighted by atomic mass is 10.2. The molecule has 0 unspecified atom stereocenters. The highest BCUT2D eigenvalue weighted by atomic mass is 16.4. The molecule has 0 spiro atoms. The fourth-order valence-electron chi connectivity index (χ4n) is 1.78. The van der Waals surface area contributed by atoms with E-state index in [1.54, 1.807) is 12.3 Å². The predicted octanol–water partition coefficient (Wildman–Crippen LogP) is 1.85. The second kappa shape index (κ2) is 4.18. The maximum Gasteiger partial charge on any atom is 0.307 e. The molecule has 0 saturated heterocycles. The van der Waals surface area contributed by atoms with Crippen LogP contribution in [0.5, 0.6) is 0 Å². The fraction of sp³-hybridized carbons (Fsp3) is 0.167. The van der Waals surface area contributed by atoms with Gasteiger partial charge in [0.2, 0.25) is 0 Å². The maximum absolute atomic E-state index is 10.7. The third-order valence-electron chi connectivity index (χ3n) is 2.38. The number of nitrogens with zero attached hydrogens (tertiary/aromatic N) is 2. The lowest BCUT2D eigenvalue weighted by Crippen LogP contribution is -1.99. The number of allylic oxidation sites excluding steroid dienone is 1. The summed E-state index contributed by atoms with van der Waals surface area (Å²) in [5.74, 6) is -0.832. The molecular formula is C12H12N2O2. The van der Waals surface area contributed by atoms with Crippen molar-refractivity contribution in [1.29, 1.82) is 0 Å². The molecule has 4 heteroatoms. The van der Waals surface area contributed by atoms with E-state index < -0.39 is 5.97 Å². The van der Waals surface area contributed by atoms with Gasteiger partial charge in [0.1, 0.15) is 5.65 Å². The van der Waals surface area contributed by atoms with Crippen LogP contribution in [0.3, 0.4) is 0 Å². The van der Waals surface area contributed by atoms with Crippen LogP contribution in [0, 0.1) is 0 Å². The summed E-state index contributed by atoms with van der Waals surface area (Å²) in [6.45, 7) is 4.30. The molecule has 82 valence electrons. The van der Waals surface area contributed by atoms with E-state index >= 15 is 0 Å². The van der Waals surface area contributed by atoms with E-state index in [1.807, 2.05) is 22.9 Å². The summed E-state index contributed by atoms with van der Waals surface area (Å²) in [6, 6.07) is 3.70. The summed E-state index contributed by atoms with van der Waals surface area (Å²) in [6.07, 6.45) is 5.31. The van der Waals surface area contributed by atoms with E-state index in [9.17, 15) is 4.79 Å². The highest BCUT2D eigenvalue weighted by molar-refractivity contribution is 5.85. The first-order valence-corrected chi connectivity index (χ1v) is 4.98. The second-order valence-electron chi connectivity index (χ2n) is 3.54. The molecule has 2 aromatic heterocycles. The Labute approximate surface area is 92.8 Å². The molecule has 0 aliphatic heterocycles. The summed E-state index contributed by atoms with van der Waals surface area (Å²) in [5.41, 5.74) is 1.59. The first-order valence-electron chi connectivity index (χ1n) is 4.98. The molecule has 2 rings (SSSR count). The maximum atomic E-state index is 10.7. The van der Waals surface area contributed by atoms with Crippen LogP contribution in [0.25, 0.3) is 11.0 Å². The van der Waals surface area contributed by atoms with E-state index in [0.717, 1.165) is 16.6 Å². The molecule has 0 aliphatic rings. The van der Waals surface area contributed by atoms with E-state index in [2.05, 4.69) is 11.6 Å². The van der Waals surface area contributed by atoms with Gasteiger partial charge in [0, 0.05) is 24.3 Å². The number of hydrogen-bond acceptors (Lipinski definition) is 2. The first-order chi connectivity index (χ1) is 7.72. The van der Waals surface area contributed by atoms with Gasteiger partial charge in [0.15, 0.2) is 0 Å². The van der Waals surface area contributed by atoms with Crippen molar-refractivity contribution < 1.29 is 9.90 Å². The van der Waals surface area contributed by atoms with Crippen molar-refractivity contribution in [2.75, 3.05) is 0 Å². The van der Waals surface area contributed by atoms with Gasteiger partial charge in [-0.15, -0.1) is 6.58 Å². The van der Waals surface area contributed by atoms with Crippen LogP contribution in [0.2, 0.25) is 0 Å². The standard InChI is InChI=1S/C12H12N2O2/c1-2-6-14-8-9(7-11(15)16)10-4-3-5-13-12(10)14/h2-5,8H,1,6-7H2,(H,15,16). The summed E-state index contributed by atoms with van der Waals surface area (Å²) in [4.78, 5) is 15.0. The molecule has 0 atom stereocenters. The van der Waals surface area contributed by atoms with Gasteiger partial charge in [0.25, 0.3) is 0 Å². The Morgan fingerprint density at radius 3 is 3.12 bits per heavy atom. The summed E-state index contributed by atoms with van der Waals surface area (Å²) >= 11 is 0. The van der Waals surface area contributed by atoms with Crippen molar-refractivity contribution in [3.05, 3.63) is 42.7 Å². The van der Waals surface area contributed by atoms with Gasteiger partial charge in [-0.25, -0.2) is 4.98 Å². The van der Waals surface area contributed by atoms with E-state index in [-0.39, 0.29) is 6.42 Å². The zero-order valence-corrected chi connectivity index (χ0v) is 8.76. The SMILES string of the molecule is C=CCn1cc(CC(=O)O)c2cccnc21. The van der Waals surface area contributed by atoms with E-state index in [4.69, 9.17) is 5.11 Å². The highest BCUT2D eigenvalue weighted by Crippen LogP contribution is 2.19.